The van der Waals surface area contributed by atoms with Gasteiger partial charge in [0.15, 0.2) is 0 Å². The molecular weight excluding hydrogens is 415 g/mol. The van der Waals surface area contributed by atoms with Crippen LogP contribution in [0.4, 0.5) is 23.7 Å². The van der Waals surface area contributed by atoms with Gasteiger partial charge in [0.05, 0.1) is 23.9 Å². The van der Waals surface area contributed by atoms with Crippen LogP contribution in [0.1, 0.15) is 23.6 Å². The van der Waals surface area contributed by atoms with Gasteiger partial charge in [0.1, 0.15) is 11.5 Å². The van der Waals surface area contributed by atoms with Crippen LogP contribution < -0.4 is 25.7 Å². The molecule has 0 saturated heterocycles. The topological polar surface area (TPSA) is 92.5 Å². The molecule has 0 unspecified atom stereocenters. The summed E-state index contributed by atoms with van der Waals surface area (Å²) in [6.45, 7) is 2.05. The summed E-state index contributed by atoms with van der Waals surface area (Å²) in [5, 5.41) is 6.31. The predicted octanol–water partition coefficient (Wildman–Crippen LogP) is 4.38. The molecule has 2 aromatic carbocycles. The molecule has 3 N–H and O–H groups in total. The maximum Gasteiger partial charge on any atom is 0.573 e. The molecule has 0 saturated carbocycles. The summed E-state index contributed by atoms with van der Waals surface area (Å²) in [5.41, 5.74) is 2.24. The number of rotatable bonds is 3. The van der Waals surface area contributed by atoms with Gasteiger partial charge in [-0.1, -0.05) is 6.07 Å². The summed E-state index contributed by atoms with van der Waals surface area (Å²) in [6, 6.07) is 9.36. The van der Waals surface area contributed by atoms with Crippen molar-refractivity contribution in [3.8, 4) is 11.5 Å². The van der Waals surface area contributed by atoms with Crippen LogP contribution >= 0.6 is 0 Å². The lowest BCUT2D eigenvalue weighted by atomic mass is 10.0. The Morgan fingerprint density at radius 1 is 1.19 bits per heavy atom. The first kappa shape index (κ1) is 20.6. The fraction of sp³-hybridized carbons (Fsp3) is 0.238. The molecular formula is C21H18F3N3O4. The highest BCUT2D eigenvalue weighted by atomic mass is 19.4. The second kappa shape index (κ2) is 7.86. The summed E-state index contributed by atoms with van der Waals surface area (Å²) in [7, 11) is 0. The number of amides is 2. The number of benzene rings is 2. The number of halogens is 3. The lowest BCUT2D eigenvalue weighted by Crippen LogP contribution is -2.35. The molecule has 0 aliphatic carbocycles. The minimum Gasteiger partial charge on any atom is -0.493 e. The Morgan fingerprint density at radius 3 is 2.77 bits per heavy atom. The zero-order chi connectivity index (χ0) is 22.2. The Kier molecular flexibility index (Phi) is 5.22. The number of carbonyl (C=O) groups is 1. The van der Waals surface area contributed by atoms with Gasteiger partial charge in [-0.05, 0) is 36.8 Å². The van der Waals surface area contributed by atoms with Crippen LogP contribution in [0, 0.1) is 6.92 Å². The van der Waals surface area contributed by atoms with Gasteiger partial charge < -0.3 is 25.1 Å². The van der Waals surface area contributed by atoms with E-state index in [1.807, 2.05) is 6.92 Å². The molecule has 2 amide bonds. The standard InChI is InChI=1S/C21H18F3N3O4/c1-11-2-6-15-14(5-7-18(28)25-15)19(11)27-20(29)26-16-8-9-30-17-10-12(3-4-13(16)17)31-21(22,23)24/h2-7,10,16H,8-9H2,1H3,(H,25,28)(H2,26,27,29)/t16-/m0/s1. The highest BCUT2D eigenvalue weighted by Crippen LogP contribution is 2.36. The number of aromatic amines is 1. The molecule has 0 spiro atoms. The van der Waals surface area contributed by atoms with Crippen molar-refractivity contribution in [1.82, 2.24) is 10.3 Å². The summed E-state index contributed by atoms with van der Waals surface area (Å²) in [6.07, 6.45) is -4.36. The molecule has 162 valence electrons. The van der Waals surface area contributed by atoms with Gasteiger partial charge in [-0.25, -0.2) is 4.79 Å². The first-order chi connectivity index (χ1) is 14.7. The first-order valence-corrected chi connectivity index (χ1v) is 9.42. The number of anilines is 1. The number of aromatic nitrogens is 1. The number of alkyl halides is 3. The minimum atomic E-state index is -4.80. The fourth-order valence-corrected chi connectivity index (χ4v) is 3.53. The number of urea groups is 1. The first-order valence-electron chi connectivity index (χ1n) is 9.42. The number of fused-ring (bicyclic) bond motifs is 2. The van der Waals surface area contributed by atoms with Crippen LogP contribution in [0.15, 0.2) is 47.3 Å². The summed E-state index contributed by atoms with van der Waals surface area (Å²) < 4.78 is 46.7. The van der Waals surface area contributed by atoms with Crippen molar-refractivity contribution in [2.75, 3.05) is 11.9 Å². The van der Waals surface area contributed by atoms with E-state index < -0.39 is 24.2 Å². The Labute approximate surface area is 174 Å². The second-order valence-corrected chi connectivity index (χ2v) is 7.08. The summed E-state index contributed by atoms with van der Waals surface area (Å²) in [4.78, 5) is 27.0. The van der Waals surface area contributed by atoms with Gasteiger partial charge >= 0.3 is 12.4 Å². The van der Waals surface area contributed by atoms with Gasteiger partial charge in [-0.15, -0.1) is 13.2 Å². The average Bonchev–Trinajstić information content (AvgIpc) is 2.69. The number of pyridine rings is 1. The highest BCUT2D eigenvalue weighted by Gasteiger charge is 2.32. The van der Waals surface area contributed by atoms with Gasteiger partial charge in [0, 0.05) is 29.5 Å². The lowest BCUT2D eigenvalue weighted by Gasteiger charge is -2.27. The van der Waals surface area contributed by atoms with Gasteiger partial charge in [0.25, 0.3) is 0 Å². The van der Waals surface area contributed by atoms with Crippen LogP contribution in [0.5, 0.6) is 11.5 Å². The van der Waals surface area contributed by atoms with E-state index in [0.29, 0.717) is 28.6 Å². The van der Waals surface area contributed by atoms with Gasteiger partial charge in [-0.3, -0.25) is 4.79 Å². The summed E-state index contributed by atoms with van der Waals surface area (Å²) in [5.74, 6) is -0.172. The van der Waals surface area contributed by atoms with Crippen molar-refractivity contribution in [3.05, 3.63) is 63.9 Å². The Balaban J connectivity index is 1.54. The number of carbonyl (C=O) groups excluding carboxylic acids is 1. The zero-order valence-corrected chi connectivity index (χ0v) is 16.3. The molecule has 1 aliphatic rings. The second-order valence-electron chi connectivity index (χ2n) is 7.08. The third-order valence-corrected chi connectivity index (χ3v) is 4.92. The quantitative estimate of drug-likeness (QED) is 0.572. The molecule has 3 aromatic rings. The van der Waals surface area contributed by atoms with Gasteiger partial charge in [0.2, 0.25) is 5.56 Å². The number of ether oxygens (including phenoxy) is 2. The van der Waals surface area contributed by atoms with E-state index in [2.05, 4.69) is 20.4 Å². The van der Waals surface area contributed by atoms with E-state index in [1.165, 1.54) is 18.2 Å². The van der Waals surface area contributed by atoms with Crippen molar-refractivity contribution in [1.29, 1.82) is 0 Å². The molecule has 31 heavy (non-hydrogen) atoms. The summed E-state index contributed by atoms with van der Waals surface area (Å²) >= 11 is 0. The molecule has 0 radical (unpaired) electrons. The third kappa shape index (κ3) is 4.57. The maximum absolute atomic E-state index is 12.7. The molecule has 4 rings (SSSR count). The number of H-pyrrole nitrogens is 1. The zero-order valence-electron chi connectivity index (χ0n) is 16.3. The van der Waals surface area contributed by atoms with Crippen molar-refractivity contribution >= 4 is 22.6 Å². The van der Waals surface area contributed by atoms with E-state index >= 15 is 0 Å². The normalized spacial score (nSPS) is 15.7. The smallest absolute Gasteiger partial charge is 0.493 e. The Morgan fingerprint density at radius 2 is 2.00 bits per heavy atom. The molecule has 1 aliphatic heterocycles. The van der Waals surface area contributed by atoms with Gasteiger partial charge in [-0.2, -0.15) is 0 Å². The third-order valence-electron chi connectivity index (χ3n) is 4.92. The monoisotopic (exact) mass is 433 g/mol. The largest absolute Gasteiger partial charge is 0.573 e. The molecule has 2 heterocycles. The Bertz CT molecular complexity index is 1210. The van der Waals surface area contributed by atoms with E-state index in [0.717, 1.165) is 11.6 Å². The van der Waals surface area contributed by atoms with Crippen LogP contribution in [-0.4, -0.2) is 24.0 Å². The molecule has 7 nitrogen and oxygen atoms in total. The van der Waals surface area contributed by atoms with Crippen LogP contribution in [-0.2, 0) is 0 Å². The van der Waals surface area contributed by atoms with E-state index in [-0.39, 0.29) is 17.9 Å². The fourth-order valence-electron chi connectivity index (χ4n) is 3.53. The van der Waals surface area contributed by atoms with Crippen molar-refractivity contribution < 1.29 is 27.4 Å². The highest BCUT2D eigenvalue weighted by molar-refractivity contribution is 6.01. The van der Waals surface area contributed by atoms with E-state index in [9.17, 15) is 22.8 Å². The number of nitrogens with one attached hydrogen (secondary N) is 3. The van der Waals surface area contributed by atoms with E-state index in [4.69, 9.17) is 4.74 Å². The number of aryl methyl sites for hydroxylation is 1. The SMILES string of the molecule is Cc1ccc2[nH]c(=O)ccc2c1NC(=O)N[C@H]1CCOc2cc(OC(F)(F)F)ccc21. The van der Waals surface area contributed by atoms with Crippen molar-refractivity contribution in [3.63, 3.8) is 0 Å². The minimum absolute atomic E-state index is 0.220. The predicted molar refractivity (Wildman–Crippen MR) is 107 cm³/mol. The number of hydrogen-bond donors (Lipinski definition) is 3. The average molecular weight is 433 g/mol. The molecule has 1 atom stereocenters. The van der Waals surface area contributed by atoms with E-state index in [1.54, 1.807) is 18.2 Å². The lowest BCUT2D eigenvalue weighted by molar-refractivity contribution is -0.274. The molecule has 0 bridgehead atoms. The molecule has 0 fully saturated rings. The van der Waals surface area contributed by atoms with Crippen LogP contribution in [0.3, 0.4) is 0 Å². The molecule has 10 heteroatoms. The number of hydrogen-bond acceptors (Lipinski definition) is 4. The van der Waals surface area contributed by atoms with Crippen molar-refractivity contribution in [2.45, 2.75) is 25.7 Å². The van der Waals surface area contributed by atoms with Crippen LogP contribution in [0.25, 0.3) is 10.9 Å². The van der Waals surface area contributed by atoms with Crippen LogP contribution in [0.2, 0.25) is 0 Å². The Hall–Kier alpha value is -3.69. The maximum atomic E-state index is 12.7. The van der Waals surface area contributed by atoms with Crippen molar-refractivity contribution in [2.24, 2.45) is 0 Å². The molecule has 1 aromatic heterocycles.